The number of pyridine rings is 1. The summed E-state index contributed by atoms with van der Waals surface area (Å²) < 4.78 is 5.13. The molecule has 1 amide bonds. The van der Waals surface area contributed by atoms with E-state index in [0.29, 0.717) is 23.2 Å². The van der Waals surface area contributed by atoms with E-state index in [1.54, 1.807) is 30.6 Å². The fourth-order valence-electron chi connectivity index (χ4n) is 1.78. The van der Waals surface area contributed by atoms with E-state index in [9.17, 15) is 4.79 Å². The molecule has 0 saturated heterocycles. The summed E-state index contributed by atoms with van der Waals surface area (Å²) in [5, 5.41) is 2.85. The van der Waals surface area contributed by atoms with Crippen LogP contribution in [0, 0.1) is 0 Å². The molecular weight excluding hydrogens is 242 g/mol. The van der Waals surface area contributed by atoms with E-state index in [4.69, 9.17) is 4.42 Å². The number of nitrogens with zero attached hydrogens (tertiary/aromatic N) is 2. The molecular formula is C14H11N3O2. The van der Waals surface area contributed by atoms with Crippen molar-refractivity contribution in [2.24, 2.45) is 0 Å². The standard InChI is InChI=1S/C14H11N3O2/c18-14(16-8-10-3-5-15-6-4-10)11-1-2-13-12(7-11)17-9-19-13/h1-7,9H,8H2,(H,16,18). The highest BCUT2D eigenvalue weighted by atomic mass is 16.3. The topological polar surface area (TPSA) is 68.0 Å². The molecule has 2 heterocycles. The second kappa shape index (κ2) is 4.89. The zero-order chi connectivity index (χ0) is 13.1. The lowest BCUT2D eigenvalue weighted by Crippen LogP contribution is -2.22. The third-order valence-electron chi connectivity index (χ3n) is 2.80. The lowest BCUT2D eigenvalue weighted by molar-refractivity contribution is 0.0951. The molecule has 3 aromatic rings. The number of fused-ring (bicyclic) bond motifs is 1. The molecule has 94 valence electrons. The number of carbonyl (C=O) groups excluding carboxylic acids is 1. The molecule has 0 spiro atoms. The monoisotopic (exact) mass is 253 g/mol. The molecule has 3 rings (SSSR count). The van der Waals surface area contributed by atoms with Crippen LogP contribution >= 0.6 is 0 Å². The van der Waals surface area contributed by atoms with Crippen molar-refractivity contribution >= 4 is 17.0 Å². The molecule has 19 heavy (non-hydrogen) atoms. The van der Waals surface area contributed by atoms with Gasteiger partial charge in [-0.3, -0.25) is 9.78 Å². The average Bonchev–Trinajstić information content (AvgIpc) is 2.93. The Morgan fingerprint density at radius 3 is 2.89 bits per heavy atom. The summed E-state index contributed by atoms with van der Waals surface area (Å²) in [4.78, 5) is 20.0. The highest BCUT2D eigenvalue weighted by molar-refractivity contribution is 5.96. The molecule has 0 bridgehead atoms. The molecule has 0 saturated carbocycles. The molecule has 0 atom stereocenters. The molecule has 0 radical (unpaired) electrons. The fraction of sp³-hybridized carbons (Fsp3) is 0.0714. The number of amides is 1. The summed E-state index contributed by atoms with van der Waals surface area (Å²) in [6.45, 7) is 0.470. The highest BCUT2D eigenvalue weighted by Gasteiger charge is 2.07. The number of aromatic nitrogens is 2. The van der Waals surface area contributed by atoms with E-state index in [1.807, 2.05) is 12.1 Å². The van der Waals surface area contributed by atoms with Crippen molar-refractivity contribution in [3.63, 3.8) is 0 Å². The van der Waals surface area contributed by atoms with Crippen molar-refractivity contribution in [3.05, 3.63) is 60.2 Å². The third-order valence-corrected chi connectivity index (χ3v) is 2.80. The van der Waals surface area contributed by atoms with Crippen LogP contribution in [-0.2, 0) is 6.54 Å². The molecule has 0 fully saturated rings. The number of carbonyl (C=O) groups is 1. The third kappa shape index (κ3) is 2.44. The summed E-state index contributed by atoms with van der Waals surface area (Å²) in [5.41, 5.74) is 2.92. The Labute approximate surface area is 109 Å². The first-order chi connectivity index (χ1) is 9.33. The lowest BCUT2D eigenvalue weighted by atomic mass is 10.2. The van der Waals surface area contributed by atoms with Crippen LogP contribution in [0.4, 0.5) is 0 Å². The second-order valence-corrected chi connectivity index (χ2v) is 4.07. The van der Waals surface area contributed by atoms with Gasteiger partial charge in [0.05, 0.1) is 0 Å². The van der Waals surface area contributed by atoms with Crippen LogP contribution in [0.25, 0.3) is 11.1 Å². The van der Waals surface area contributed by atoms with E-state index in [2.05, 4.69) is 15.3 Å². The Hall–Kier alpha value is -2.69. The Kier molecular flexibility index (Phi) is 2.94. The second-order valence-electron chi connectivity index (χ2n) is 4.07. The van der Waals surface area contributed by atoms with E-state index < -0.39 is 0 Å². The zero-order valence-corrected chi connectivity index (χ0v) is 10.0. The molecule has 5 heteroatoms. The molecule has 0 unspecified atom stereocenters. The predicted octanol–water partition coefficient (Wildman–Crippen LogP) is 2.15. The van der Waals surface area contributed by atoms with Crippen molar-refractivity contribution in [2.45, 2.75) is 6.54 Å². The smallest absolute Gasteiger partial charge is 0.251 e. The number of oxazole rings is 1. The average molecular weight is 253 g/mol. The molecule has 1 aromatic carbocycles. The van der Waals surface area contributed by atoms with Gasteiger partial charge in [-0.05, 0) is 35.9 Å². The van der Waals surface area contributed by atoms with Gasteiger partial charge in [0.2, 0.25) is 0 Å². The van der Waals surface area contributed by atoms with Crippen molar-refractivity contribution in [1.29, 1.82) is 0 Å². The van der Waals surface area contributed by atoms with Crippen LogP contribution < -0.4 is 5.32 Å². The van der Waals surface area contributed by atoms with Gasteiger partial charge in [0.1, 0.15) is 5.52 Å². The van der Waals surface area contributed by atoms with Gasteiger partial charge in [0.25, 0.3) is 5.91 Å². The maximum Gasteiger partial charge on any atom is 0.251 e. The minimum Gasteiger partial charge on any atom is -0.443 e. The lowest BCUT2D eigenvalue weighted by Gasteiger charge is -2.04. The fourth-order valence-corrected chi connectivity index (χ4v) is 1.78. The van der Waals surface area contributed by atoms with Gasteiger partial charge in [0.15, 0.2) is 12.0 Å². The first kappa shape index (κ1) is 11.4. The van der Waals surface area contributed by atoms with Gasteiger partial charge in [-0.25, -0.2) is 4.98 Å². The Bertz CT molecular complexity index is 707. The maximum absolute atomic E-state index is 12.0. The van der Waals surface area contributed by atoms with Crippen molar-refractivity contribution in [1.82, 2.24) is 15.3 Å². The first-order valence-corrected chi connectivity index (χ1v) is 5.83. The van der Waals surface area contributed by atoms with E-state index in [0.717, 1.165) is 5.56 Å². The molecule has 0 aliphatic rings. The number of hydrogen-bond acceptors (Lipinski definition) is 4. The van der Waals surface area contributed by atoms with Gasteiger partial charge >= 0.3 is 0 Å². The zero-order valence-electron chi connectivity index (χ0n) is 10.0. The molecule has 2 aromatic heterocycles. The number of hydrogen-bond donors (Lipinski definition) is 1. The van der Waals surface area contributed by atoms with Gasteiger partial charge in [-0.2, -0.15) is 0 Å². The molecule has 0 aliphatic heterocycles. The quantitative estimate of drug-likeness (QED) is 0.776. The van der Waals surface area contributed by atoms with Crippen LogP contribution in [0.2, 0.25) is 0 Å². The van der Waals surface area contributed by atoms with Crippen LogP contribution in [0.15, 0.2) is 53.5 Å². The van der Waals surface area contributed by atoms with Crippen LogP contribution in [0.1, 0.15) is 15.9 Å². The number of nitrogens with one attached hydrogen (secondary N) is 1. The molecule has 1 N–H and O–H groups in total. The Balaban J connectivity index is 1.73. The van der Waals surface area contributed by atoms with Crippen molar-refractivity contribution in [3.8, 4) is 0 Å². The van der Waals surface area contributed by atoms with Gasteiger partial charge in [-0.15, -0.1) is 0 Å². The summed E-state index contributed by atoms with van der Waals surface area (Å²) in [6, 6.07) is 8.89. The summed E-state index contributed by atoms with van der Waals surface area (Å²) >= 11 is 0. The van der Waals surface area contributed by atoms with E-state index >= 15 is 0 Å². The largest absolute Gasteiger partial charge is 0.443 e. The molecule has 0 aliphatic carbocycles. The van der Waals surface area contributed by atoms with E-state index in [1.165, 1.54) is 6.39 Å². The summed E-state index contributed by atoms with van der Waals surface area (Å²) in [7, 11) is 0. The number of rotatable bonds is 3. The van der Waals surface area contributed by atoms with Gasteiger partial charge in [0, 0.05) is 24.5 Å². The van der Waals surface area contributed by atoms with Crippen LogP contribution in [0.3, 0.4) is 0 Å². The SMILES string of the molecule is O=C(NCc1ccncc1)c1ccc2ocnc2c1. The normalized spacial score (nSPS) is 10.5. The Morgan fingerprint density at radius 2 is 2.05 bits per heavy atom. The predicted molar refractivity (Wildman–Crippen MR) is 69.4 cm³/mol. The first-order valence-electron chi connectivity index (χ1n) is 5.83. The highest BCUT2D eigenvalue weighted by Crippen LogP contribution is 2.14. The summed E-state index contributed by atoms with van der Waals surface area (Å²) in [5.74, 6) is -0.137. The Morgan fingerprint density at radius 1 is 1.21 bits per heavy atom. The maximum atomic E-state index is 12.0. The van der Waals surface area contributed by atoms with Crippen molar-refractivity contribution < 1.29 is 9.21 Å². The van der Waals surface area contributed by atoms with Crippen LogP contribution in [-0.4, -0.2) is 15.9 Å². The van der Waals surface area contributed by atoms with Crippen LogP contribution in [0.5, 0.6) is 0 Å². The molecule has 5 nitrogen and oxygen atoms in total. The van der Waals surface area contributed by atoms with Gasteiger partial charge < -0.3 is 9.73 Å². The summed E-state index contributed by atoms with van der Waals surface area (Å²) in [6.07, 6.45) is 4.76. The minimum absolute atomic E-state index is 0.137. The number of benzene rings is 1. The van der Waals surface area contributed by atoms with E-state index in [-0.39, 0.29) is 5.91 Å². The van der Waals surface area contributed by atoms with Crippen molar-refractivity contribution in [2.75, 3.05) is 0 Å². The minimum atomic E-state index is -0.137. The van der Waals surface area contributed by atoms with Gasteiger partial charge in [-0.1, -0.05) is 0 Å².